The van der Waals surface area contributed by atoms with Gasteiger partial charge in [-0.25, -0.2) is 8.42 Å². The molecule has 4 rings (SSSR count). The first kappa shape index (κ1) is 35.0. The Morgan fingerprint density at radius 1 is 0.870 bits per heavy atom. The summed E-state index contributed by atoms with van der Waals surface area (Å²) in [7, 11) is -2.76. The number of nitrogens with zero attached hydrogens (tertiary/aromatic N) is 2. The van der Waals surface area contributed by atoms with E-state index in [1.165, 1.54) is 24.1 Å². The molecule has 0 radical (unpaired) electrons. The van der Waals surface area contributed by atoms with Crippen molar-refractivity contribution in [2.45, 2.75) is 50.2 Å². The first-order valence-corrected chi connectivity index (χ1v) is 17.2. The minimum absolute atomic E-state index is 0.0261. The van der Waals surface area contributed by atoms with E-state index in [1.54, 1.807) is 36.4 Å². The Morgan fingerprint density at radius 2 is 1.48 bits per heavy atom. The van der Waals surface area contributed by atoms with Crippen molar-refractivity contribution >= 4 is 55.1 Å². The van der Waals surface area contributed by atoms with Crippen LogP contribution in [-0.4, -0.2) is 50.4 Å². The van der Waals surface area contributed by atoms with Crippen LogP contribution in [0.1, 0.15) is 31.9 Å². The molecule has 242 valence electrons. The second-order valence-electron chi connectivity index (χ2n) is 11.8. The van der Waals surface area contributed by atoms with Crippen molar-refractivity contribution in [2.75, 3.05) is 18.0 Å². The third-order valence-electron chi connectivity index (χ3n) is 7.08. The number of benzene rings is 4. The molecule has 0 unspecified atom stereocenters. The smallest absolute Gasteiger partial charge is 0.264 e. The van der Waals surface area contributed by atoms with Crippen LogP contribution in [0, 0.1) is 0 Å². The third-order valence-corrected chi connectivity index (χ3v) is 9.65. The fraction of sp³-hybridized carbons (Fsp3) is 0.257. The number of halogens is 2. The van der Waals surface area contributed by atoms with Gasteiger partial charge in [-0.15, -0.1) is 0 Å². The SMILES string of the molecule is COc1ccc(S(=O)(=O)N(CC(=O)N(Cc2ccc(Br)cc2)[C@H](Cc2ccccc2)C(=O)NC(C)(C)C)c2ccc(Cl)cc2)cc1. The zero-order valence-corrected chi connectivity index (χ0v) is 29.3. The van der Waals surface area contributed by atoms with Crippen LogP contribution in [0.3, 0.4) is 0 Å². The average molecular weight is 727 g/mol. The zero-order valence-electron chi connectivity index (χ0n) is 26.1. The van der Waals surface area contributed by atoms with Gasteiger partial charge in [0.15, 0.2) is 0 Å². The highest BCUT2D eigenvalue weighted by Crippen LogP contribution is 2.28. The molecule has 46 heavy (non-hydrogen) atoms. The Morgan fingerprint density at radius 3 is 2.04 bits per heavy atom. The minimum Gasteiger partial charge on any atom is -0.497 e. The summed E-state index contributed by atoms with van der Waals surface area (Å²) < 4.78 is 35.4. The van der Waals surface area contributed by atoms with Gasteiger partial charge < -0.3 is 15.0 Å². The molecule has 0 aromatic heterocycles. The minimum atomic E-state index is -4.25. The van der Waals surface area contributed by atoms with Gasteiger partial charge in [-0.3, -0.25) is 13.9 Å². The Balaban J connectivity index is 1.81. The van der Waals surface area contributed by atoms with Gasteiger partial charge in [-0.05, 0) is 92.6 Å². The molecule has 1 N–H and O–H groups in total. The number of rotatable bonds is 12. The molecule has 1 atom stereocenters. The van der Waals surface area contributed by atoms with Crippen LogP contribution in [0.4, 0.5) is 5.69 Å². The van der Waals surface area contributed by atoms with E-state index in [4.69, 9.17) is 16.3 Å². The number of nitrogens with one attached hydrogen (secondary N) is 1. The Labute approximate surface area is 284 Å². The summed E-state index contributed by atoms with van der Waals surface area (Å²) in [5, 5.41) is 3.44. The molecule has 0 bridgehead atoms. The van der Waals surface area contributed by atoms with E-state index in [2.05, 4.69) is 21.2 Å². The lowest BCUT2D eigenvalue weighted by molar-refractivity contribution is -0.140. The van der Waals surface area contributed by atoms with Gasteiger partial charge in [0, 0.05) is 28.0 Å². The topological polar surface area (TPSA) is 96.0 Å². The molecule has 4 aromatic rings. The summed E-state index contributed by atoms with van der Waals surface area (Å²) in [6.45, 7) is 5.11. The van der Waals surface area contributed by atoms with E-state index in [0.29, 0.717) is 10.8 Å². The highest BCUT2D eigenvalue weighted by Gasteiger charge is 2.35. The van der Waals surface area contributed by atoms with E-state index >= 15 is 0 Å². The summed E-state index contributed by atoms with van der Waals surface area (Å²) in [5.74, 6) is -0.417. The molecule has 2 amide bonds. The fourth-order valence-electron chi connectivity index (χ4n) is 4.80. The normalized spacial score (nSPS) is 12.2. The maximum Gasteiger partial charge on any atom is 0.264 e. The molecule has 0 fully saturated rings. The highest BCUT2D eigenvalue weighted by molar-refractivity contribution is 9.10. The number of hydrogen-bond acceptors (Lipinski definition) is 5. The summed E-state index contributed by atoms with van der Waals surface area (Å²) >= 11 is 9.59. The second-order valence-corrected chi connectivity index (χ2v) is 15.0. The number of anilines is 1. The summed E-state index contributed by atoms with van der Waals surface area (Å²) in [5.41, 5.74) is 1.29. The Kier molecular flexibility index (Phi) is 11.5. The number of sulfonamides is 1. The lowest BCUT2D eigenvalue weighted by atomic mass is 10.0. The van der Waals surface area contributed by atoms with Crippen LogP contribution in [-0.2, 0) is 32.6 Å². The van der Waals surface area contributed by atoms with Crippen LogP contribution in [0.15, 0.2) is 112 Å². The molecule has 0 aliphatic heterocycles. The lowest BCUT2D eigenvalue weighted by Crippen LogP contribution is -2.56. The van der Waals surface area contributed by atoms with Crippen LogP contribution >= 0.6 is 27.5 Å². The van der Waals surface area contributed by atoms with Gasteiger partial charge >= 0.3 is 0 Å². The Bertz CT molecular complexity index is 1730. The second kappa shape index (κ2) is 15.2. The van der Waals surface area contributed by atoms with E-state index in [9.17, 15) is 18.0 Å². The van der Waals surface area contributed by atoms with E-state index < -0.39 is 34.1 Å². The highest BCUT2D eigenvalue weighted by atomic mass is 79.9. The largest absolute Gasteiger partial charge is 0.497 e. The zero-order chi connectivity index (χ0) is 33.5. The number of carbonyl (C=O) groups excluding carboxylic acids is 2. The molecule has 0 aliphatic carbocycles. The van der Waals surface area contributed by atoms with E-state index in [-0.39, 0.29) is 29.5 Å². The molecule has 0 saturated carbocycles. The van der Waals surface area contributed by atoms with Gasteiger partial charge in [-0.2, -0.15) is 0 Å². The van der Waals surface area contributed by atoms with Gasteiger partial charge in [-0.1, -0.05) is 70.0 Å². The molecule has 0 saturated heterocycles. The van der Waals surface area contributed by atoms with E-state index in [0.717, 1.165) is 19.9 Å². The maximum absolute atomic E-state index is 14.5. The van der Waals surface area contributed by atoms with Crippen LogP contribution < -0.4 is 14.4 Å². The lowest BCUT2D eigenvalue weighted by Gasteiger charge is -2.35. The predicted octanol–water partition coefficient (Wildman–Crippen LogP) is 6.86. The number of methoxy groups -OCH3 is 1. The number of hydrogen-bond donors (Lipinski definition) is 1. The van der Waals surface area contributed by atoms with Gasteiger partial charge in [0.1, 0.15) is 18.3 Å². The predicted molar refractivity (Wildman–Crippen MR) is 185 cm³/mol. The summed E-state index contributed by atoms with van der Waals surface area (Å²) in [6.07, 6.45) is 0.219. The standard InChI is InChI=1S/C35H37BrClN3O5S/c1-35(2,3)38-34(42)32(22-25-8-6-5-7-9-25)39(23-26-10-12-27(36)13-11-26)33(41)24-40(29-16-14-28(37)15-17-29)46(43,44)31-20-18-30(45-4)19-21-31/h5-21,32H,22-24H2,1-4H3,(H,38,42)/t32-/m1/s1. The van der Waals surface area contributed by atoms with Crippen molar-refractivity contribution in [3.8, 4) is 5.75 Å². The maximum atomic E-state index is 14.5. The summed E-state index contributed by atoms with van der Waals surface area (Å²) in [4.78, 5) is 29.9. The van der Waals surface area contributed by atoms with Gasteiger partial charge in [0.05, 0.1) is 17.7 Å². The van der Waals surface area contributed by atoms with Crippen molar-refractivity contribution in [3.05, 3.63) is 124 Å². The molecule has 11 heteroatoms. The monoisotopic (exact) mass is 725 g/mol. The van der Waals surface area contributed by atoms with Crippen molar-refractivity contribution in [2.24, 2.45) is 0 Å². The summed E-state index contributed by atoms with van der Waals surface area (Å²) in [6, 6.07) is 28.1. The van der Waals surface area contributed by atoms with Crippen molar-refractivity contribution < 1.29 is 22.7 Å². The number of amides is 2. The molecule has 8 nitrogen and oxygen atoms in total. The van der Waals surface area contributed by atoms with Gasteiger partial charge in [0.2, 0.25) is 11.8 Å². The van der Waals surface area contributed by atoms with Gasteiger partial charge in [0.25, 0.3) is 10.0 Å². The fourth-order valence-corrected chi connectivity index (χ4v) is 6.61. The molecular weight excluding hydrogens is 690 g/mol. The Hall–Kier alpha value is -3.86. The van der Waals surface area contributed by atoms with Crippen molar-refractivity contribution in [3.63, 3.8) is 0 Å². The molecule has 0 heterocycles. The van der Waals surface area contributed by atoms with Crippen LogP contribution in [0.25, 0.3) is 0 Å². The molecule has 4 aromatic carbocycles. The number of carbonyl (C=O) groups is 2. The quantitative estimate of drug-likeness (QED) is 0.172. The molecule has 0 aliphatic rings. The molecule has 0 spiro atoms. The number of ether oxygens (including phenoxy) is 1. The van der Waals surface area contributed by atoms with Crippen LogP contribution in [0.2, 0.25) is 5.02 Å². The molecular formula is C35H37BrClN3O5S. The average Bonchev–Trinajstić information content (AvgIpc) is 3.02. The third kappa shape index (κ3) is 9.34. The first-order valence-electron chi connectivity index (χ1n) is 14.6. The van der Waals surface area contributed by atoms with Crippen molar-refractivity contribution in [1.82, 2.24) is 10.2 Å². The van der Waals surface area contributed by atoms with E-state index in [1.807, 2.05) is 75.4 Å². The van der Waals surface area contributed by atoms with Crippen molar-refractivity contribution in [1.29, 1.82) is 0 Å². The first-order chi connectivity index (χ1) is 21.8. The van der Waals surface area contributed by atoms with Crippen LogP contribution in [0.5, 0.6) is 5.75 Å².